The molecule has 2 N–H and O–H groups in total. The number of hydrogen-bond acceptors (Lipinski definition) is 2. The third kappa shape index (κ3) is 7.73. The van der Waals surface area contributed by atoms with Crippen molar-refractivity contribution in [3.05, 3.63) is 178 Å². The third-order valence-corrected chi connectivity index (χ3v) is 7.60. The van der Waals surface area contributed by atoms with Crippen LogP contribution < -0.4 is 10.4 Å². The van der Waals surface area contributed by atoms with E-state index >= 15 is 0 Å². The Bertz CT molecular complexity index is 1710. The number of nitrogens with zero attached hydrogens (tertiary/aromatic N) is 2. The van der Waals surface area contributed by atoms with E-state index in [4.69, 9.17) is 0 Å². The quantitative estimate of drug-likeness (QED) is 0.186. The second-order valence-corrected chi connectivity index (χ2v) is 10.5. The molecule has 0 bridgehead atoms. The molecule has 217 valence electrons. The molecule has 7 rings (SSSR count). The number of allylic oxidation sites excluding steroid dienone is 2. The van der Waals surface area contributed by atoms with Crippen LogP contribution in [0.25, 0.3) is 45.0 Å². The summed E-state index contributed by atoms with van der Waals surface area (Å²) in [5.41, 5.74) is 8.09. The first kappa shape index (κ1) is 31.8. The van der Waals surface area contributed by atoms with Crippen LogP contribution in [0.4, 0.5) is 11.4 Å². The molecule has 1 radical (unpaired) electrons. The summed E-state index contributed by atoms with van der Waals surface area (Å²) in [6, 6.07) is 40.2. The van der Waals surface area contributed by atoms with E-state index < -0.39 is 12.2 Å². The van der Waals surface area contributed by atoms with Crippen molar-refractivity contribution in [2.24, 2.45) is 0 Å². The zero-order valence-electron chi connectivity index (χ0n) is 24.0. The summed E-state index contributed by atoms with van der Waals surface area (Å²) in [6.45, 7) is 0. The number of hydrogen-bond donors (Lipinski definition) is 2. The van der Waals surface area contributed by atoms with E-state index in [1.165, 1.54) is 0 Å². The minimum Gasteiger partial charge on any atom is -0.665 e. The molecule has 2 unspecified atom stereocenters. The molecule has 2 aliphatic heterocycles. The van der Waals surface area contributed by atoms with Crippen LogP contribution in [0.3, 0.4) is 0 Å². The first-order valence-corrected chi connectivity index (χ1v) is 14.4. The van der Waals surface area contributed by atoms with Crippen LogP contribution in [0.1, 0.15) is 29.8 Å². The van der Waals surface area contributed by atoms with Gasteiger partial charge >= 0.3 is 49.4 Å². The van der Waals surface area contributed by atoms with Gasteiger partial charge in [-0.15, -0.1) is 11.4 Å². The largest absolute Gasteiger partial charge is 2.00 e. The molecule has 0 saturated carbocycles. The topological polar surface area (TPSA) is 68.7 Å². The van der Waals surface area contributed by atoms with Crippen LogP contribution in [-0.2, 0) is 0 Å². The van der Waals surface area contributed by atoms with Gasteiger partial charge in [0.15, 0.2) is 0 Å². The molecule has 4 nitrogen and oxygen atoms in total. The van der Waals surface area contributed by atoms with Gasteiger partial charge in [-0.1, -0.05) is 146 Å². The summed E-state index contributed by atoms with van der Waals surface area (Å²) in [5, 5.41) is 32.1. The number of rotatable bonds is 6. The normalized spacial score (nSPS) is 13.5. The number of fused-ring (bicyclic) bond motifs is 3. The van der Waals surface area contributed by atoms with Crippen LogP contribution in [0.15, 0.2) is 146 Å². The first-order chi connectivity index (χ1) is 21.2. The summed E-state index contributed by atoms with van der Waals surface area (Å²) in [7, 11) is 0. The van der Waals surface area contributed by atoms with E-state index in [9.17, 15) is 10.2 Å². The average Bonchev–Trinajstić information content (AvgIpc) is 3.09. The molecule has 2 heterocycles. The van der Waals surface area contributed by atoms with Gasteiger partial charge in [-0.2, -0.15) is 12.4 Å². The van der Waals surface area contributed by atoms with Gasteiger partial charge in [0.1, 0.15) is 0 Å². The minimum absolute atomic E-state index is 0. The van der Waals surface area contributed by atoms with Gasteiger partial charge in [-0.25, -0.2) is 0 Å². The second-order valence-electron chi connectivity index (χ2n) is 10.5. The van der Waals surface area contributed by atoms with E-state index in [2.05, 4.69) is 59.2 Å². The van der Waals surface area contributed by atoms with E-state index in [0.29, 0.717) is 0 Å². The number of aliphatic hydroxyl groups excluding tert-OH is 2. The molecule has 5 aromatic rings. The zero-order valence-corrected chi connectivity index (χ0v) is 26.5. The van der Waals surface area contributed by atoms with Crippen LogP contribution in [0.5, 0.6) is 0 Å². The maximum atomic E-state index is 10.6. The summed E-state index contributed by atoms with van der Waals surface area (Å²) in [6.07, 6.45) is 10.4. The molecule has 44 heavy (non-hydrogen) atoms. The van der Waals surface area contributed by atoms with Gasteiger partial charge in [0.05, 0.1) is 12.2 Å². The molecule has 0 saturated heterocycles. The Hall–Kier alpha value is -3.58. The summed E-state index contributed by atoms with van der Waals surface area (Å²) in [5.74, 6) is 0. The Morgan fingerprint density at radius 3 is 1.20 bits per heavy atom. The Balaban J connectivity index is 0.000000213. The molecule has 5 heteroatoms. The fourth-order valence-electron chi connectivity index (χ4n) is 5.22. The summed E-state index contributed by atoms with van der Waals surface area (Å²) in [4.78, 5) is 0. The van der Waals surface area contributed by atoms with Gasteiger partial charge in [-0.05, 0) is 43.8 Å². The van der Waals surface area contributed by atoms with Crippen LogP contribution >= 0.6 is 0 Å². The maximum absolute atomic E-state index is 10.6. The Morgan fingerprint density at radius 1 is 0.455 bits per heavy atom. The Kier molecular flexibility index (Phi) is 11.2. The second kappa shape index (κ2) is 15.4. The van der Waals surface area contributed by atoms with Crippen molar-refractivity contribution in [2.45, 2.75) is 18.6 Å². The monoisotopic (exact) mass is 713 g/mol. The molecule has 0 spiro atoms. The van der Waals surface area contributed by atoms with Gasteiger partial charge in [0.25, 0.3) is 0 Å². The SMILES string of the molecule is C1=C[N-]c2c3c(ccc2=C1)=CC=C[N-]3.OC(CC(O)c1ccc(-c2ccccc2)cc1)c1ccc(-c2ccccc2)cc1.[Eu+2]. The molecular weight excluding hydrogens is 680 g/mol. The molecule has 2 aliphatic rings. The predicted molar refractivity (Wildman–Crippen MR) is 177 cm³/mol. The molecule has 0 aromatic heterocycles. The number of benzene rings is 5. The van der Waals surface area contributed by atoms with Crippen LogP contribution in [0, 0.1) is 49.4 Å². The van der Waals surface area contributed by atoms with Crippen LogP contribution in [0.2, 0.25) is 0 Å². The standard InChI is InChI=1S/C27H24O2.C12H8N2.Eu/c28-26(24-15-11-22(12-16-24)20-7-3-1-4-8-20)19-27(29)25-17-13-23(14-18-25)21-9-5-2-6-10-21;1-3-9-5-6-10-4-2-8-14-12(10)11(9)13-7-1;/h1-18,26-29H,19H2;1-8H;/q;-2;+2. The van der Waals surface area contributed by atoms with Crippen LogP contribution in [-0.4, -0.2) is 10.2 Å². The summed E-state index contributed by atoms with van der Waals surface area (Å²) < 4.78 is 0. The Labute approximate surface area is 299 Å². The van der Waals surface area contributed by atoms with Crippen molar-refractivity contribution >= 4 is 23.5 Å². The van der Waals surface area contributed by atoms with E-state index in [1.54, 1.807) is 12.4 Å². The van der Waals surface area contributed by atoms with Crippen molar-refractivity contribution in [1.82, 2.24) is 0 Å². The van der Waals surface area contributed by atoms with Crippen molar-refractivity contribution < 1.29 is 59.6 Å². The zero-order chi connectivity index (χ0) is 29.4. The van der Waals surface area contributed by atoms with Crippen molar-refractivity contribution in [2.75, 3.05) is 0 Å². The van der Waals surface area contributed by atoms with Crippen molar-refractivity contribution in [3.63, 3.8) is 0 Å². The summed E-state index contributed by atoms with van der Waals surface area (Å²) >= 11 is 0. The molecule has 0 aliphatic carbocycles. The smallest absolute Gasteiger partial charge is 0.665 e. The maximum Gasteiger partial charge on any atom is 2.00 e. The van der Waals surface area contributed by atoms with Gasteiger partial charge in [0, 0.05) is 6.42 Å². The van der Waals surface area contributed by atoms with Gasteiger partial charge < -0.3 is 20.8 Å². The molecule has 0 fully saturated rings. The average molecular weight is 713 g/mol. The first-order valence-electron chi connectivity index (χ1n) is 14.4. The van der Waals surface area contributed by atoms with E-state index in [0.717, 1.165) is 55.2 Å². The fraction of sp³-hybridized carbons (Fsp3) is 0.0769. The van der Waals surface area contributed by atoms with E-state index in [1.807, 2.05) is 97.1 Å². The van der Waals surface area contributed by atoms with Crippen molar-refractivity contribution in [3.8, 4) is 22.3 Å². The van der Waals surface area contributed by atoms with E-state index in [-0.39, 0.29) is 55.8 Å². The van der Waals surface area contributed by atoms with Gasteiger partial charge in [0.2, 0.25) is 0 Å². The molecular formula is C39H32EuN2O2. The number of aliphatic hydroxyl groups is 2. The third-order valence-electron chi connectivity index (χ3n) is 7.60. The van der Waals surface area contributed by atoms with Gasteiger partial charge in [-0.3, -0.25) is 0 Å². The Morgan fingerprint density at radius 2 is 0.818 bits per heavy atom. The molecule has 0 amide bonds. The fourth-order valence-corrected chi connectivity index (χ4v) is 5.22. The molecule has 2 atom stereocenters. The molecule has 5 aromatic carbocycles. The predicted octanol–water partition coefficient (Wildman–Crippen LogP) is 8.49. The van der Waals surface area contributed by atoms with Crippen molar-refractivity contribution in [1.29, 1.82) is 0 Å². The minimum atomic E-state index is -0.719.